The number of hydrogen-bond acceptors (Lipinski definition) is 5. The second kappa shape index (κ2) is 8.86. The molecule has 1 spiro atoms. The Morgan fingerprint density at radius 3 is 2.44 bits per heavy atom. The van der Waals surface area contributed by atoms with Crippen LogP contribution in [0.3, 0.4) is 0 Å². The zero-order valence-electron chi connectivity index (χ0n) is 20.6. The number of aromatic carboxylic acids is 1. The van der Waals surface area contributed by atoms with E-state index in [1.807, 2.05) is 18.2 Å². The molecule has 39 heavy (non-hydrogen) atoms. The molecule has 0 atom stereocenters. The van der Waals surface area contributed by atoms with Gasteiger partial charge in [0.25, 0.3) is 0 Å². The minimum atomic E-state index is -1.01. The molecule has 4 aromatic rings. The number of benzene rings is 3. The third kappa shape index (κ3) is 3.91. The van der Waals surface area contributed by atoms with Gasteiger partial charge in [-0.2, -0.15) is 0 Å². The summed E-state index contributed by atoms with van der Waals surface area (Å²) >= 11 is 13.0. The molecule has 0 saturated heterocycles. The van der Waals surface area contributed by atoms with Gasteiger partial charge in [-0.15, -0.1) is 0 Å². The van der Waals surface area contributed by atoms with Crippen molar-refractivity contribution in [2.45, 2.75) is 43.6 Å². The van der Waals surface area contributed by atoms with Crippen LogP contribution in [0.5, 0.6) is 5.75 Å². The molecule has 7 nitrogen and oxygen atoms in total. The Hall–Kier alpha value is -3.81. The van der Waals surface area contributed by atoms with E-state index in [0.29, 0.717) is 38.7 Å². The van der Waals surface area contributed by atoms with Crippen LogP contribution < -0.4 is 9.64 Å². The van der Waals surface area contributed by atoms with E-state index in [9.17, 15) is 14.7 Å². The topological polar surface area (TPSA) is 92.9 Å². The Kier molecular flexibility index (Phi) is 5.51. The predicted octanol–water partition coefficient (Wildman–Crippen LogP) is 7.51. The zero-order chi connectivity index (χ0) is 26.9. The van der Waals surface area contributed by atoms with Crippen LogP contribution in [0.25, 0.3) is 11.3 Å². The molecule has 1 aliphatic heterocycles. The van der Waals surface area contributed by atoms with Crippen LogP contribution in [-0.4, -0.2) is 22.1 Å². The number of fused-ring (bicyclic) bond motifs is 2. The number of ether oxygens (including phenoxy) is 1. The molecule has 9 heteroatoms. The number of hydrogen-bond donors (Lipinski definition) is 1. The SMILES string of the molecule is O=C(O)c1ccc(N2C(=O)C3(CC3)c3ccc(OCc4c(-c5c(Cl)cccc5Cl)noc4C4CC4)cc32)cc1. The van der Waals surface area contributed by atoms with E-state index >= 15 is 0 Å². The van der Waals surface area contributed by atoms with Crippen molar-refractivity contribution in [1.29, 1.82) is 0 Å². The van der Waals surface area contributed by atoms with E-state index in [1.54, 1.807) is 35.2 Å². The molecule has 1 amide bonds. The number of anilines is 2. The van der Waals surface area contributed by atoms with Gasteiger partial charge in [-0.1, -0.05) is 40.5 Å². The number of aromatic nitrogens is 1. The van der Waals surface area contributed by atoms with Crippen LogP contribution in [0.4, 0.5) is 11.4 Å². The molecular formula is C30H22Cl2N2O5. The maximum atomic E-state index is 13.5. The van der Waals surface area contributed by atoms with Gasteiger partial charge in [0.2, 0.25) is 5.91 Å². The average Bonchev–Trinajstić information content (AvgIpc) is 3.85. The van der Waals surface area contributed by atoms with Crippen molar-refractivity contribution in [3.63, 3.8) is 0 Å². The van der Waals surface area contributed by atoms with Gasteiger partial charge in [-0.25, -0.2) is 4.79 Å². The number of halogens is 2. The lowest BCUT2D eigenvalue weighted by Gasteiger charge is -2.19. The number of nitrogens with zero attached hydrogens (tertiary/aromatic N) is 2. The first-order valence-electron chi connectivity index (χ1n) is 12.8. The van der Waals surface area contributed by atoms with E-state index < -0.39 is 11.4 Å². The molecule has 2 heterocycles. The second-order valence-corrected chi connectivity index (χ2v) is 11.1. The molecule has 0 bridgehead atoms. The summed E-state index contributed by atoms with van der Waals surface area (Å²) in [7, 11) is 0. The van der Waals surface area contributed by atoms with E-state index in [0.717, 1.165) is 48.3 Å². The van der Waals surface area contributed by atoms with Crippen molar-refractivity contribution in [1.82, 2.24) is 5.16 Å². The fourth-order valence-electron chi connectivity index (χ4n) is 5.45. The van der Waals surface area contributed by atoms with Gasteiger partial charge in [0.15, 0.2) is 0 Å². The third-order valence-electron chi connectivity index (χ3n) is 7.81. The van der Waals surface area contributed by atoms with Crippen LogP contribution in [0.1, 0.15) is 58.8 Å². The molecule has 2 fully saturated rings. The summed E-state index contributed by atoms with van der Waals surface area (Å²) in [6, 6.07) is 17.4. The molecule has 0 unspecified atom stereocenters. The van der Waals surface area contributed by atoms with Gasteiger partial charge in [0, 0.05) is 23.2 Å². The van der Waals surface area contributed by atoms with E-state index in [4.69, 9.17) is 32.5 Å². The number of carboxylic acids is 1. The van der Waals surface area contributed by atoms with Crippen molar-refractivity contribution < 1.29 is 24.0 Å². The summed E-state index contributed by atoms with van der Waals surface area (Å²) in [6.45, 7) is 0.192. The quantitative estimate of drug-likeness (QED) is 0.251. The Balaban J connectivity index is 1.23. The smallest absolute Gasteiger partial charge is 0.335 e. The van der Waals surface area contributed by atoms with Gasteiger partial charge in [-0.05, 0) is 73.7 Å². The maximum absolute atomic E-state index is 13.5. The number of rotatable bonds is 7. The molecule has 2 saturated carbocycles. The summed E-state index contributed by atoms with van der Waals surface area (Å²) in [5.74, 6) is 0.659. The van der Waals surface area contributed by atoms with Gasteiger partial charge >= 0.3 is 5.97 Å². The Morgan fingerprint density at radius 1 is 1.08 bits per heavy atom. The number of carbonyl (C=O) groups is 2. The molecule has 3 aromatic carbocycles. The first kappa shape index (κ1) is 24.2. The maximum Gasteiger partial charge on any atom is 0.335 e. The normalized spacial score (nSPS) is 17.0. The number of carboxylic acid groups (broad SMARTS) is 1. The summed E-state index contributed by atoms with van der Waals surface area (Å²) in [6.07, 6.45) is 3.62. The summed E-state index contributed by atoms with van der Waals surface area (Å²) in [4.78, 5) is 26.5. The summed E-state index contributed by atoms with van der Waals surface area (Å²) in [5, 5.41) is 14.6. The Labute approximate surface area is 233 Å². The lowest BCUT2D eigenvalue weighted by molar-refractivity contribution is -0.119. The van der Waals surface area contributed by atoms with Crippen LogP contribution in [-0.2, 0) is 16.8 Å². The zero-order valence-corrected chi connectivity index (χ0v) is 22.1. The lowest BCUT2D eigenvalue weighted by atomic mass is 9.98. The molecule has 3 aliphatic rings. The number of amides is 1. The predicted molar refractivity (Wildman–Crippen MR) is 146 cm³/mol. The van der Waals surface area contributed by atoms with Crippen molar-refractivity contribution in [3.05, 3.63) is 93.2 Å². The largest absolute Gasteiger partial charge is 0.489 e. The van der Waals surface area contributed by atoms with Crippen LogP contribution in [0.15, 0.2) is 65.2 Å². The molecule has 1 aromatic heterocycles. The summed E-state index contributed by atoms with van der Waals surface area (Å²) < 4.78 is 12.0. The van der Waals surface area contributed by atoms with Gasteiger partial charge in [-0.3, -0.25) is 9.69 Å². The van der Waals surface area contributed by atoms with Crippen molar-refractivity contribution in [3.8, 4) is 17.0 Å². The van der Waals surface area contributed by atoms with Crippen LogP contribution in [0.2, 0.25) is 10.0 Å². The fraction of sp³-hybridized carbons (Fsp3) is 0.233. The molecule has 1 N–H and O–H groups in total. The molecule has 196 valence electrons. The Bertz CT molecular complexity index is 1630. The number of carbonyl (C=O) groups excluding carboxylic acids is 1. The average molecular weight is 561 g/mol. The minimum absolute atomic E-state index is 0.00317. The standard InChI is InChI=1S/C30H22Cl2N2O5/c31-22-2-1-3-23(32)25(22)26-20(27(39-33-26)16-4-5-16)15-38-19-10-11-21-24(14-19)34(29(37)30(21)12-13-30)18-8-6-17(7-9-18)28(35)36/h1-3,6-11,14,16H,4-5,12-13,15H2,(H,35,36). The van der Waals surface area contributed by atoms with Crippen molar-refractivity contribution in [2.24, 2.45) is 0 Å². The van der Waals surface area contributed by atoms with Gasteiger partial charge in [0.1, 0.15) is 23.8 Å². The highest BCUT2D eigenvalue weighted by Gasteiger charge is 2.59. The first-order valence-corrected chi connectivity index (χ1v) is 13.5. The molecule has 0 radical (unpaired) electrons. The van der Waals surface area contributed by atoms with Crippen molar-refractivity contribution in [2.75, 3.05) is 4.90 Å². The Morgan fingerprint density at radius 2 is 1.79 bits per heavy atom. The minimum Gasteiger partial charge on any atom is -0.489 e. The molecule has 2 aliphatic carbocycles. The highest BCUT2D eigenvalue weighted by Crippen LogP contribution is 2.59. The van der Waals surface area contributed by atoms with Gasteiger partial charge < -0.3 is 14.4 Å². The van der Waals surface area contributed by atoms with Crippen molar-refractivity contribution >= 4 is 46.5 Å². The first-order chi connectivity index (χ1) is 18.9. The van der Waals surface area contributed by atoms with E-state index in [-0.39, 0.29) is 18.1 Å². The van der Waals surface area contributed by atoms with Gasteiger partial charge in [0.05, 0.1) is 32.3 Å². The second-order valence-electron chi connectivity index (χ2n) is 10.3. The molecular weight excluding hydrogens is 539 g/mol. The highest BCUT2D eigenvalue weighted by molar-refractivity contribution is 6.39. The van der Waals surface area contributed by atoms with Crippen LogP contribution >= 0.6 is 23.2 Å². The third-order valence-corrected chi connectivity index (χ3v) is 8.44. The lowest BCUT2D eigenvalue weighted by Crippen LogP contribution is -2.27. The van der Waals surface area contributed by atoms with Crippen LogP contribution in [0, 0.1) is 0 Å². The highest BCUT2D eigenvalue weighted by atomic mass is 35.5. The van der Waals surface area contributed by atoms with E-state index in [1.165, 1.54) is 12.1 Å². The summed E-state index contributed by atoms with van der Waals surface area (Å²) in [5.41, 5.74) is 3.98. The van der Waals surface area contributed by atoms with E-state index in [2.05, 4.69) is 5.16 Å². The molecule has 7 rings (SSSR count). The monoisotopic (exact) mass is 560 g/mol. The fourth-order valence-corrected chi connectivity index (χ4v) is 6.03.